The fraction of sp³-hybridized carbons (Fsp3) is 0.429. The highest BCUT2D eigenvalue weighted by molar-refractivity contribution is 8.04. The molecule has 2 aromatic rings. The monoisotopic (exact) mass is 723 g/mol. The second-order valence-corrected chi connectivity index (χ2v) is 14.6. The van der Waals surface area contributed by atoms with E-state index in [9.17, 15) is 28.8 Å². The van der Waals surface area contributed by atoms with Gasteiger partial charge in [0.2, 0.25) is 17.6 Å². The van der Waals surface area contributed by atoms with Crippen molar-refractivity contribution < 1.29 is 38.2 Å². The number of benzene rings is 2. The number of fused-ring (bicyclic) bond motifs is 2. The van der Waals surface area contributed by atoms with E-state index in [2.05, 4.69) is 10.6 Å². The van der Waals surface area contributed by atoms with Crippen molar-refractivity contribution in [1.82, 2.24) is 15.5 Å². The molecule has 4 heterocycles. The third kappa shape index (κ3) is 9.18. The van der Waals surface area contributed by atoms with Crippen molar-refractivity contribution in [2.75, 3.05) is 67.3 Å². The predicted octanol–water partition coefficient (Wildman–Crippen LogP) is 3.64. The van der Waals surface area contributed by atoms with E-state index >= 15 is 0 Å². The van der Waals surface area contributed by atoms with Crippen molar-refractivity contribution in [3.63, 3.8) is 0 Å². The molecule has 4 amide bonds. The Hall–Kier alpha value is -4.50. The lowest BCUT2D eigenvalue weighted by molar-refractivity contribution is -0.120. The lowest BCUT2D eigenvalue weighted by Crippen LogP contribution is -2.33. The van der Waals surface area contributed by atoms with E-state index in [0.29, 0.717) is 36.6 Å². The van der Waals surface area contributed by atoms with Crippen LogP contribution in [0.3, 0.4) is 0 Å². The van der Waals surface area contributed by atoms with Crippen LogP contribution in [-0.2, 0) is 31.9 Å². The van der Waals surface area contributed by atoms with Crippen LogP contribution in [0.1, 0.15) is 45.7 Å². The number of aryl methyl sites for hydroxylation is 2. The van der Waals surface area contributed by atoms with Crippen molar-refractivity contribution in [1.29, 1.82) is 0 Å². The quantitative estimate of drug-likeness (QED) is 0.403. The van der Waals surface area contributed by atoms with Crippen LogP contribution in [0.5, 0.6) is 0 Å². The maximum atomic E-state index is 12.8. The third-order valence-corrected chi connectivity index (χ3v) is 10.2. The Morgan fingerprint density at radius 3 is 1.88 bits per heavy atom. The van der Waals surface area contributed by atoms with E-state index < -0.39 is 12.2 Å². The number of hydrogen-bond donors (Lipinski definition) is 2. The number of cyclic esters (lactones) is 2. The number of ether oxygens (including phenoxy) is 2. The predicted molar refractivity (Wildman–Crippen MR) is 193 cm³/mol. The minimum absolute atomic E-state index is 0.0142. The van der Waals surface area contributed by atoms with Crippen LogP contribution in [0.15, 0.2) is 47.5 Å². The summed E-state index contributed by atoms with van der Waals surface area (Å²) in [4.78, 5) is 76.8. The van der Waals surface area contributed by atoms with Gasteiger partial charge in [0.15, 0.2) is 5.78 Å². The second-order valence-electron chi connectivity index (χ2n) is 12.4. The molecule has 0 spiro atoms. The number of nitrogens with one attached hydrogen (secondary N) is 2. The highest BCUT2D eigenvalue weighted by Crippen LogP contribution is 2.32. The molecular weight excluding hydrogens is 683 g/mol. The summed E-state index contributed by atoms with van der Waals surface area (Å²) in [5.41, 5.74) is 4.79. The summed E-state index contributed by atoms with van der Waals surface area (Å²) in [6.07, 6.45) is 1.82. The van der Waals surface area contributed by atoms with E-state index in [1.807, 2.05) is 37.3 Å². The van der Waals surface area contributed by atoms with Crippen LogP contribution in [-0.4, -0.2) is 110 Å². The van der Waals surface area contributed by atoms with Crippen molar-refractivity contribution in [2.45, 2.75) is 38.9 Å². The van der Waals surface area contributed by atoms with Gasteiger partial charge in [0.05, 0.1) is 36.8 Å². The Kier molecular flexibility index (Phi) is 12.1. The molecule has 50 heavy (non-hydrogen) atoms. The maximum absolute atomic E-state index is 12.8. The number of nitrogens with zero attached hydrogens (tertiary/aromatic N) is 3. The molecule has 6 rings (SSSR count). The van der Waals surface area contributed by atoms with E-state index in [0.717, 1.165) is 51.6 Å². The number of anilines is 2. The molecule has 0 aromatic heterocycles. The largest absolute Gasteiger partial charge is 0.442 e. The lowest BCUT2D eigenvalue weighted by Gasteiger charge is -2.16. The number of thioether (sulfide) groups is 2. The Labute approximate surface area is 299 Å². The number of hydrogen-bond acceptors (Lipinski definition) is 11. The van der Waals surface area contributed by atoms with Gasteiger partial charge in [-0.2, -0.15) is 11.8 Å². The molecule has 2 fully saturated rings. The molecule has 0 aliphatic carbocycles. The topological polar surface area (TPSA) is 155 Å². The number of amides is 4. The Balaban J connectivity index is 0.000000197. The van der Waals surface area contributed by atoms with Crippen molar-refractivity contribution in [3.8, 4) is 0 Å². The van der Waals surface area contributed by atoms with Gasteiger partial charge in [0.1, 0.15) is 12.2 Å². The number of allylic oxidation sites excluding steroid dienone is 1. The normalized spacial score (nSPS) is 20.8. The van der Waals surface area contributed by atoms with Gasteiger partial charge in [-0.25, -0.2) is 9.59 Å². The van der Waals surface area contributed by atoms with Gasteiger partial charge in [0, 0.05) is 62.4 Å². The van der Waals surface area contributed by atoms with Crippen molar-refractivity contribution >= 4 is 70.5 Å². The van der Waals surface area contributed by atoms with Gasteiger partial charge < -0.3 is 25.0 Å². The summed E-state index contributed by atoms with van der Waals surface area (Å²) in [5.74, 6) is 2.06. The molecule has 2 N–H and O–H groups in total. The smallest absolute Gasteiger partial charge is 0.414 e. The van der Waals surface area contributed by atoms with Crippen molar-refractivity contribution in [3.05, 3.63) is 69.8 Å². The van der Waals surface area contributed by atoms with Gasteiger partial charge in [-0.3, -0.25) is 29.0 Å². The molecule has 2 saturated heterocycles. The van der Waals surface area contributed by atoms with Crippen LogP contribution in [0.2, 0.25) is 0 Å². The summed E-state index contributed by atoms with van der Waals surface area (Å²) < 4.78 is 10.6. The van der Waals surface area contributed by atoms with Gasteiger partial charge in [-0.05, 0) is 66.1 Å². The molecule has 266 valence electrons. The fourth-order valence-corrected chi connectivity index (χ4v) is 7.74. The molecule has 0 bridgehead atoms. The van der Waals surface area contributed by atoms with Crippen LogP contribution < -0.4 is 20.4 Å². The highest BCUT2D eigenvalue weighted by Gasteiger charge is 2.34. The Bertz CT molecular complexity index is 1710. The van der Waals surface area contributed by atoms with Crippen LogP contribution in [0.4, 0.5) is 21.0 Å². The first-order valence-corrected chi connectivity index (χ1v) is 18.4. The SMILES string of the molecule is CC(=O)NC[C@H]1CN(c2ccc3c(c2)CCSC(=CN(C)C)C3=O)C(=O)O1.CC(=O)NC[C@H]1CN(c2ccc3c(c2)CCSCC3=O)C(=O)O1. The van der Waals surface area contributed by atoms with Crippen LogP contribution >= 0.6 is 23.5 Å². The molecule has 2 aromatic carbocycles. The molecule has 15 heteroatoms. The highest BCUT2D eigenvalue weighted by atomic mass is 32.2. The number of Topliss-reactive ketones (excluding diaryl/α,β-unsaturated/α-hetero) is 2. The first kappa shape index (κ1) is 36.8. The first-order valence-electron chi connectivity index (χ1n) is 16.3. The van der Waals surface area contributed by atoms with Gasteiger partial charge in [-0.15, -0.1) is 11.8 Å². The zero-order valence-corrected chi connectivity index (χ0v) is 30.1. The first-order chi connectivity index (χ1) is 23.9. The molecule has 2 atom stereocenters. The van der Waals surface area contributed by atoms with Gasteiger partial charge in [0.25, 0.3) is 0 Å². The molecular formula is C35H41N5O8S2. The average Bonchev–Trinajstić information content (AvgIpc) is 3.53. The summed E-state index contributed by atoms with van der Waals surface area (Å²) in [5, 5.41) is 5.32. The molecule has 0 saturated carbocycles. The summed E-state index contributed by atoms with van der Waals surface area (Å²) >= 11 is 3.18. The number of ketones is 2. The lowest BCUT2D eigenvalue weighted by atomic mass is 10.00. The minimum atomic E-state index is -0.437. The van der Waals surface area contributed by atoms with E-state index in [4.69, 9.17) is 9.47 Å². The average molecular weight is 724 g/mol. The molecule has 0 unspecified atom stereocenters. The maximum Gasteiger partial charge on any atom is 0.414 e. The van der Waals surface area contributed by atoms with Crippen LogP contribution in [0.25, 0.3) is 0 Å². The molecule has 4 aliphatic rings. The molecule has 0 radical (unpaired) electrons. The zero-order valence-electron chi connectivity index (χ0n) is 28.5. The number of carbonyl (C=O) groups is 6. The Morgan fingerprint density at radius 1 is 0.820 bits per heavy atom. The Morgan fingerprint density at radius 2 is 1.34 bits per heavy atom. The third-order valence-electron chi connectivity index (χ3n) is 8.23. The fourth-order valence-electron chi connectivity index (χ4n) is 5.82. The minimum Gasteiger partial charge on any atom is -0.442 e. The van der Waals surface area contributed by atoms with Crippen LogP contribution in [0, 0.1) is 0 Å². The van der Waals surface area contributed by atoms with Crippen molar-refractivity contribution in [2.24, 2.45) is 0 Å². The standard InChI is InChI=1S/C19H23N3O4S.C16H18N2O4S/c1-12(23)20-9-15-10-22(19(25)26-15)14-4-5-16-13(8-14)6-7-27-17(18(16)24)11-21(2)3;1-10(19)17-7-13-8-18(16(21)22-13)12-2-3-14-11(6-12)4-5-23-9-15(14)20/h4-5,8,11,15H,6-7,9-10H2,1-3H3,(H,20,23);2-3,6,13H,4-5,7-9H2,1H3,(H,17,19)/t15-;13-/m00/s1. The zero-order chi connectivity index (χ0) is 35.9. The second kappa shape index (κ2) is 16.5. The molecule has 4 aliphatic heterocycles. The van der Waals surface area contributed by atoms with E-state index in [1.165, 1.54) is 13.8 Å². The number of rotatable bonds is 7. The van der Waals surface area contributed by atoms with Gasteiger partial charge in [-0.1, -0.05) is 0 Å². The van der Waals surface area contributed by atoms with E-state index in [-0.39, 0.29) is 42.1 Å². The summed E-state index contributed by atoms with van der Waals surface area (Å²) in [6, 6.07) is 11.0. The molecule has 13 nitrogen and oxygen atoms in total. The summed E-state index contributed by atoms with van der Waals surface area (Å²) in [6.45, 7) is 4.20. The van der Waals surface area contributed by atoms with Gasteiger partial charge >= 0.3 is 12.2 Å². The number of carbonyl (C=O) groups excluding carboxylic acids is 6. The van der Waals surface area contributed by atoms with E-state index in [1.54, 1.807) is 57.6 Å². The summed E-state index contributed by atoms with van der Waals surface area (Å²) in [7, 11) is 3.79.